The fourth-order valence-electron chi connectivity index (χ4n) is 2.51. The molecule has 110 valence electrons. The van der Waals surface area contributed by atoms with E-state index in [-0.39, 0.29) is 11.7 Å². The third kappa shape index (κ3) is 3.49. The Labute approximate surface area is 119 Å². The number of phenolic OH excluding ortho intramolecular Hbond substituents is 1. The van der Waals surface area contributed by atoms with Crippen LogP contribution in [0, 0.1) is 0 Å². The van der Waals surface area contributed by atoms with Gasteiger partial charge in [0.15, 0.2) is 0 Å². The summed E-state index contributed by atoms with van der Waals surface area (Å²) in [6, 6.07) is 6.97. The van der Waals surface area contributed by atoms with Crippen molar-refractivity contribution in [3.63, 3.8) is 0 Å². The monoisotopic (exact) mass is 278 g/mol. The lowest BCUT2D eigenvalue weighted by atomic mass is 9.97. The molecule has 0 aliphatic carbocycles. The zero-order valence-electron chi connectivity index (χ0n) is 12.1. The average molecular weight is 278 g/mol. The Morgan fingerprint density at radius 3 is 2.55 bits per heavy atom. The van der Waals surface area contributed by atoms with Crippen LogP contribution in [0.15, 0.2) is 24.3 Å². The molecular formula is C15H22N2O3. The number of piperazine rings is 1. The lowest BCUT2D eigenvalue weighted by molar-refractivity contribution is -0.143. The van der Waals surface area contributed by atoms with Crippen molar-refractivity contribution in [2.75, 3.05) is 46.9 Å². The first-order valence-corrected chi connectivity index (χ1v) is 6.88. The number of phenols is 1. The van der Waals surface area contributed by atoms with Crippen molar-refractivity contribution in [1.82, 2.24) is 9.80 Å². The molecule has 1 aromatic carbocycles. The number of esters is 1. The lowest BCUT2D eigenvalue weighted by Crippen LogP contribution is -2.46. The van der Waals surface area contributed by atoms with Gasteiger partial charge in [0, 0.05) is 38.3 Å². The molecule has 1 aliphatic heterocycles. The highest BCUT2D eigenvalue weighted by Gasteiger charge is 2.27. The van der Waals surface area contributed by atoms with Gasteiger partial charge in [-0.2, -0.15) is 0 Å². The van der Waals surface area contributed by atoms with Crippen molar-refractivity contribution in [3.8, 4) is 5.75 Å². The molecule has 1 aromatic rings. The van der Waals surface area contributed by atoms with Crippen molar-refractivity contribution in [2.45, 2.75) is 5.92 Å². The van der Waals surface area contributed by atoms with Crippen LogP contribution in [-0.2, 0) is 9.53 Å². The molecule has 0 aromatic heterocycles. The number of benzene rings is 1. The van der Waals surface area contributed by atoms with E-state index in [1.54, 1.807) is 18.2 Å². The molecule has 1 atom stereocenters. The van der Waals surface area contributed by atoms with Crippen LogP contribution in [0.5, 0.6) is 5.75 Å². The van der Waals surface area contributed by atoms with Crippen molar-refractivity contribution in [3.05, 3.63) is 29.8 Å². The van der Waals surface area contributed by atoms with Crippen LogP contribution in [0.25, 0.3) is 0 Å². The van der Waals surface area contributed by atoms with Gasteiger partial charge in [-0.15, -0.1) is 0 Å². The summed E-state index contributed by atoms with van der Waals surface area (Å²) >= 11 is 0. The summed E-state index contributed by atoms with van der Waals surface area (Å²) in [5, 5.41) is 9.96. The number of carbonyl (C=O) groups is 1. The molecule has 1 aliphatic rings. The Morgan fingerprint density at radius 1 is 1.30 bits per heavy atom. The maximum absolute atomic E-state index is 12.0. The van der Waals surface area contributed by atoms with E-state index in [1.165, 1.54) is 7.11 Å². The van der Waals surface area contributed by atoms with Crippen LogP contribution in [0.3, 0.4) is 0 Å². The molecule has 1 N–H and O–H groups in total. The number of likely N-dealkylation sites (N-methyl/N-ethyl adjacent to an activating group) is 1. The van der Waals surface area contributed by atoms with E-state index in [0.29, 0.717) is 12.1 Å². The first kappa shape index (κ1) is 14.8. The predicted molar refractivity (Wildman–Crippen MR) is 76.8 cm³/mol. The highest BCUT2D eigenvalue weighted by atomic mass is 16.5. The third-order valence-corrected chi connectivity index (χ3v) is 3.83. The molecule has 0 saturated carbocycles. The van der Waals surface area contributed by atoms with Crippen LogP contribution >= 0.6 is 0 Å². The average Bonchev–Trinajstić information content (AvgIpc) is 2.47. The normalized spacial score (nSPS) is 18.7. The molecule has 20 heavy (non-hydrogen) atoms. The second kappa shape index (κ2) is 6.72. The van der Waals surface area contributed by atoms with Crippen LogP contribution in [0.4, 0.5) is 0 Å². The highest BCUT2D eigenvalue weighted by molar-refractivity contribution is 5.79. The molecule has 5 nitrogen and oxygen atoms in total. The number of aromatic hydroxyl groups is 1. The first-order valence-electron chi connectivity index (χ1n) is 6.88. The lowest BCUT2D eigenvalue weighted by Gasteiger charge is -2.34. The number of ether oxygens (including phenoxy) is 1. The van der Waals surface area contributed by atoms with E-state index in [4.69, 9.17) is 4.74 Å². The summed E-state index contributed by atoms with van der Waals surface area (Å²) in [7, 11) is 3.48. The molecule has 1 saturated heterocycles. The predicted octanol–water partition coefficient (Wildman–Crippen LogP) is 0.896. The largest absolute Gasteiger partial charge is 0.508 e. The Kier molecular flexibility index (Phi) is 4.98. The minimum absolute atomic E-state index is 0.150. The van der Waals surface area contributed by atoms with Gasteiger partial charge in [0.1, 0.15) is 5.75 Å². The molecule has 1 fully saturated rings. The fourth-order valence-corrected chi connectivity index (χ4v) is 2.51. The van der Waals surface area contributed by atoms with Gasteiger partial charge in [-0.1, -0.05) is 18.2 Å². The van der Waals surface area contributed by atoms with Crippen molar-refractivity contribution in [2.24, 2.45) is 0 Å². The molecule has 1 heterocycles. The van der Waals surface area contributed by atoms with E-state index in [2.05, 4.69) is 16.8 Å². The molecule has 1 unspecified atom stereocenters. The summed E-state index contributed by atoms with van der Waals surface area (Å²) in [6.07, 6.45) is 0. The van der Waals surface area contributed by atoms with Crippen LogP contribution < -0.4 is 0 Å². The number of para-hydroxylation sites is 1. The summed E-state index contributed by atoms with van der Waals surface area (Å²) in [5.41, 5.74) is 0.637. The highest BCUT2D eigenvalue weighted by Crippen LogP contribution is 2.27. The van der Waals surface area contributed by atoms with Crippen molar-refractivity contribution < 1.29 is 14.6 Å². The summed E-state index contributed by atoms with van der Waals surface area (Å²) in [5.74, 6) is -0.591. The zero-order valence-corrected chi connectivity index (χ0v) is 12.1. The van der Waals surface area contributed by atoms with Crippen LogP contribution in [0.1, 0.15) is 11.5 Å². The Hall–Kier alpha value is -1.59. The van der Waals surface area contributed by atoms with Gasteiger partial charge in [0.2, 0.25) is 0 Å². The van der Waals surface area contributed by atoms with Crippen LogP contribution in [0.2, 0.25) is 0 Å². The molecule has 0 bridgehead atoms. The van der Waals surface area contributed by atoms with Gasteiger partial charge in [-0.25, -0.2) is 0 Å². The van der Waals surface area contributed by atoms with Gasteiger partial charge in [0.25, 0.3) is 0 Å². The molecule has 5 heteroatoms. The molecule has 0 spiro atoms. The fraction of sp³-hybridized carbons (Fsp3) is 0.533. The summed E-state index contributed by atoms with van der Waals surface area (Å²) < 4.78 is 4.90. The second-order valence-electron chi connectivity index (χ2n) is 5.24. The zero-order chi connectivity index (χ0) is 14.5. The Morgan fingerprint density at radius 2 is 1.95 bits per heavy atom. The maximum Gasteiger partial charge on any atom is 0.314 e. The standard InChI is InChI=1S/C15H22N2O3/c1-16-7-9-17(10-8-16)11-13(15(19)20-2)12-5-3-4-6-14(12)18/h3-6,13,18H,7-11H2,1-2H3. The second-order valence-corrected chi connectivity index (χ2v) is 5.24. The topological polar surface area (TPSA) is 53.0 Å². The summed E-state index contributed by atoms with van der Waals surface area (Å²) in [4.78, 5) is 16.5. The Bertz CT molecular complexity index is 456. The smallest absolute Gasteiger partial charge is 0.314 e. The SMILES string of the molecule is COC(=O)C(CN1CCN(C)CC1)c1ccccc1O. The van der Waals surface area contributed by atoms with E-state index < -0.39 is 5.92 Å². The number of rotatable bonds is 4. The van der Waals surface area contributed by atoms with Gasteiger partial charge in [-0.3, -0.25) is 9.69 Å². The minimum Gasteiger partial charge on any atom is -0.508 e. The number of hydrogen-bond acceptors (Lipinski definition) is 5. The van der Waals surface area contributed by atoms with Crippen molar-refractivity contribution in [1.29, 1.82) is 0 Å². The molecule has 0 amide bonds. The number of nitrogens with zero attached hydrogens (tertiary/aromatic N) is 2. The van der Waals surface area contributed by atoms with Gasteiger partial charge in [0.05, 0.1) is 13.0 Å². The Balaban J connectivity index is 2.12. The minimum atomic E-state index is -0.440. The molecular weight excluding hydrogens is 256 g/mol. The van der Waals surface area contributed by atoms with E-state index in [9.17, 15) is 9.90 Å². The van der Waals surface area contributed by atoms with Crippen molar-refractivity contribution >= 4 is 5.97 Å². The number of hydrogen-bond donors (Lipinski definition) is 1. The van der Waals surface area contributed by atoms with Gasteiger partial charge >= 0.3 is 5.97 Å². The van der Waals surface area contributed by atoms with E-state index in [1.807, 2.05) is 6.07 Å². The third-order valence-electron chi connectivity index (χ3n) is 3.83. The molecule has 2 rings (SSSR count). The maximum atomic E-state index is 12.0. The number of carbonyl (C=O) groups excluding carboxylic acids is 1. The van der Waals surface area contributed by atoms with E-state index in [0.717, 1.165) is 26.2 Å². The first-order chi connectivity index (χ1) is 9.61. The number of methoxy groups -OCH3 is 1. The summed E-state index contributed by atoms with van der Waals surface area (Å²) in [6.45, 7) is 4.43. The van der Waals surface area contributed by atoms with Gasteiger partial charge < -0.3 is 14.7 Å². The quantitative estimate of drug-likeness (QED) is 0.829. The van der Waals surface area contributed by atoms with E-state index >= 15 is 0 Å². The van der Waals surface area contributed by atoms with Crippen LogP contribution in [-0.4, -0.2) is 67.8 Å². The molecule has 0 radical (unpaired) electrons. The van der Waals surface area contributed by atoms with Gasteiger partial charge in [-0.05, 0) is 13.1 Å².